The van der Waals surface area contributed by atoms with Crippen molar-refractivity contribution >= 4 is 17.7 Å². The lowest BCUT2D eigenvalue weighted by Gasteiger charge is -2.18. The first-order valence-electron chi connectivity index (χ1n) is 11.1. The molecule has 6 rings (SSSR count). The molecule has 0 bridgehead atoms. The van der Waals surface area contributed by atoms with Crippen LogP contribution < -0.4 is 16.0 Å². The monoisotopic (exact) mass is 431 g/mol. The van der Waals surface area contributed by atoms with Crippen LogP contribution in [0.4, 0.5) is 11.8 Å². The van der Waals surface area contributed by atoms with Gasteiger partial charge >= 0.3 is 0 Å². The third-order valence-electron chi connectivity index (χ3n) is 6.92. The molecule has 1 saturated heterocycles. The third kappa shape index (κ3) is 3.35. The molecule has 1 saturated carbocycles. The summed E-state index contributed by atoms with van der Waals surface area (Å²) < 4.78 is 1.65. The molecule has 2 fully saturated rings. The molecule has 1 aliphatic heterocycles. The van der Waals surface area contributed by atoms with Gasteiger partial charge in [0.25, 0.3) is 5.91 Å². The predicted molar refractivity (Wildman–Crippen MR) is 117 cm³/mol. The number of aromatic nitrogens is 6. The molecule has 10 nitrogen and oxygen atoms in total. The highest BCUT2D eigenvalue weighted by Gasteiger charge is 2.45. The minimum absolute atomic E-state index is 0.0900. The van der Waals surface area contributed by atoms with Crippen LogP contribution in [0.1, 0.15) is 51.8 Å². The standard InChI is InChI=1S/C22H25N9O/c1-12-15(7-25-22(26-12)30-8-13-6-14(13)9-30)10-31-11-19(28-29-31)21(32)27-18-3-2-17-16(18)4-5-24-20(17)23/h4-5,7,11,13-14,18H,2-3,6,8-10H2,1H3,(H2,23,24)(H,27,32)/t13?,14?,18-/m1/s1. The molecule has 32 heavy (non-hydrogen) atoms. The highest BCUT2D eigenvalue weighted by Crippen LogP contribution is 2.45. The Balaban J connectivity index is 1.12. The zero-order chi connectivity index (χ0) is 21.8. The molecule has 3 aliphatic rings. The topological polar surface area (TPSA) is 128 Å². The van der Waals surface area contributed by atoms with Gasteiger partial charge in [-0.15, -0.1) is 5.10 Å². The molecule has 10 heteroatoms. The van der Waals surface area contributed by atoms with Crippen LogP contribution in [-0.2, 0) is 13.0 Å². The summed E-state index contributed by atoms with van der Waals surface area (Å²) in [5.41, 5.74) is 10.2. The number of anilines is 2. The molecule has 2 aliphatic carbocycles. The van der Waals surface area contributed by atoms with Gasteiger partial charge in [-0.05, 0) is 55.2 Å². The van der Waals surface area contributed by atoms with E-state index in [0.717, 1.165) is 66.1 Å². The number of carbonyl (C=O) groups excluding carboxylic acids is 1. The molecule has 1 amide bonds. The molecule has 0 spiro atoms. The van der Waals surface area contributed by atoms with Crippen molar-refractivity contribution in [1.82, 2.24) is 35.3 Å². The van der Waals surface area contributed by atoms with Crippen LogP contribution >= 0.6 is 0 Å². The van der Waals surface area contributed by atoms with Crippen LogP contribution in [0.25, 0.3) is 0 Å². The van der Waals surface area contributed by atoms with E-state index in [0.29, 0.717) is 12.4 Å². The SMILES string of the molecule is Cc1nc(N2CC3CC3C2)ncc1Cn1cc(C(=O)N[C@@H]2CCc3c2ccnc3N)nn1. The number of pyridine rings is 1. The van der Waals surface area contributed by atoms with Gasteiger partial charge in [-0.1, -0.05) is 5.21 Å². The van der Waals surface area contributed by atoms with Gasteiger partial charge in [0.2, 0.25) is 5.95 Å². The van der Waals surface area contributed by atoms with Crippen molar-refractivity contribution in [2.75, 3.05) is 23.7 Å². The second-order valence-electron chi connectivity index (χ2n) is 9.07. The maximum absolute atomic E-state index is 12.7. The molecule has 0 radical (unpaired) electrons. The maximum atomic E-state index is 12.7. The van der Waals surface area contributed by atoms with Crippen LogP contribution in [0.2, 0.25) is 0 Å². The number of hydrogen-bond acceptors (Lipinski definition) is 8. The first-order chi connectivity index (χ1) is 15.5. The Labute approximate surface area is 185 Å². The van der Waals surface area contributed by atoms with Crippen molar-refractivity contribution in [2.45, 2.75) is 38.8 Å². The van der Waals surface area contributed by atoms with Crippen molar-refractivity contribution in [1.29, 1.82) is 0 Å². The van der Waals surface area contributed by atoms with E-state index < -0.39 is 0 Å². The number of rotatable bonds is 5. The van der Waals surface area contributed by atoms with Crippen molar-refractivity contribution < 1.29 is 4.79 Å². The molecule has 3 atom stereocenters. The smallest absolute Gasteiger partial charge is 0.273 e. The first kappa shape index (κ1) is 19.1. The van der Waals surface area contributed by atoms with Crippen LogP contribution in [0.5, 0.6) is 0 Å². The van der Waals surface area contributed by atoms with Gasteiger partial charge in [0.1, 0.15) is 5.82 Å². The van der Waals surface area contributed by atoms with Crippen molar-refractivity contribution in [3.8, 4) is 0 Å². The summed E-state index contributed by atoms with van der Waals surface area (Å²) in [6, 6.07) is 1.82. The van der Waals surface area contributed by atoms with Gasteiger partial charge in [0, 0.05) is 36.7 Å². The number of nitrogens with zero attached hydrogens (tertiary/aromatic N) is 7. The van der Waals surface area contributed by atoms with Gasteiger partial charge in [-0.2, -0.15) is 0 Å². The summed E-state index contributed by atoms with van der Waals surface area (Å²) in [6.07, 6.45) is 8.16. The van der Waals surface area contributed by atoms with Gasteiger partial charge in [-0.3, -0.25) is 4.79 Å². The summed E-state index contributed by atoms with van der Waals surface area (Å²) in [7, 11) is 0. The van der Waals surface area contributed by atoms with E-state index in [1.54, 1.807) is 17.1 Å². The van der Waals surface area contributed by atoms with Crippen molar-refractivity contribution in [3.63, 3.8) is 0 Å². The van der Waals surface area contributed by atoms with Gasteiger partial charge in [-0.25, -0.2) is 19.6 Å². The highest BCUT2D eigenvalue weighted by molar-refractivity contribution is 5.92. The minimum atomic E-state index is -0.250. The number of nitrogens with one attached hydrogen (secondary N) is 1. The number of aryl methyl sites for hydroxylation is 1. The molecule has 3 aromatic rings. The Bertz CT molecular complexity index is 1200. The molecule has 2 unspecified atom stereocenters. The van der Waals surface area contributed by atoms with E-state index in [9.17, 15) is 4.79 Å². The van der Waals surface area contributed by atoms with Crippen molar-refractivity contribution in [3.05, 3.63) is 52.7 Å². The Morgan fingerprint density at radius 1 is 1.28 bits per heavy atom. The number of fused-ring (bicyclic) bond motifs is 2. The third-order valence-corrected chi connectivity index (χ3v) is 6.92. The molecule has 4 heterocycles. The van der Waals surface area contributed by atoms with E-state index >= 15 is 0 Å². The van der Waals surface area contributed by atoms with E-state index in [1.807, 2.05) is 19.2 Å². The Morgan fingerprint density at radius 2 is 2.12 bits per heavy atom. The summed E-state index contributed by atoms with van der Waals surface area (Å²) in [4.78, 5) is 28.4. The minimum Gasteiger partial charge on any atom is -0.383 e. The van der Waals surface area contributed by atoms with E-state index in [1.165, 1.54) is 6.42 Å². The van der Waals surface area contributed by atoms with Crippen LogP contribution in [-0.4, -0.2) is 48.9 Å². The lowest BCUT2D eigenvalue weighted by Crippen LogP contribution is -2.27. The first-order valence-corrected chi connectivity index (χ1v) is 11.1. The molecule has 3 N–H and O–H groups in total. The average Bonchev–Trinajstić information content (AvgIpc) is 3.17. The zero-order valence-electron chi connectivity index (χ0n) is 17.9. The molecule has 0 aromatic carbocycles. The lowest BCUT2D eigenvalue weighted by atomic mass is 10.1. The second-order valence-corrected chi connectivity index (χ2v) is 9.07. The Morgan fingerprint density at radius 3 is 2.94 bits per heavy atom. The number of piperidine rings is 1. The van der Waals surface area contributed by atoms with Crippen LogP contribution in [0, 0.1) is 18.8 Å². The summed E-state index contributed by atoms with van der Waals surface area (Å²) in [5, 5.41) is 11.2. The highest BCUT2D eigenvalue weighted by atomic mass is 16.2. The fraction of sp³-hybridized carbons (Fsp3) is 0.455. The fourth-order valence-corrected chi connectivity index (χ4v) is 4.95. The van der Waals surface area contributed by atoms with Gasteiger partial charge in [0.05, 0.1) is 18.8 Å². The summed E-state index contributed by atoms with van der Waals surface area (Å²) in [6.45, 7) is 4.59. The lowest BCUT2D eigenvalue weighted by molar-refractivity contribution is 0.0931. The Hall–Kier alpha value is -3.56. The number of carbonyl (C=O) groups is 1. The van der Waals surface area contributed by atoms with E-state index in [4.69, 9.17) is 10.7 Å². The maximum Gasteiger partial charge on any atom is 0.273 e. The number of nitrogen functional groups attached to an aromatic ring is 1. The quantitative estimate of drug-likeness (QED) is 0.618. The predicted octanol–water partition coefficient (Wildman–Crippen LogP) is 1.28. The number of amides is 1. The second kappa shape index (κ2) is 7.25. The molecule has 3 aromatic heterocycles. The van der Waals surface area contributed by atoms with E-state index in [-0.39, 0.29) is 17.6 Å². The average molecular weight is 432 g/mol. The number of nitrogens with two attached hydrogens (primary N) is 1. The Kier molecular flexibility index (Phi) is 4.34. The van der Waals surface area contributed by atoms with Crippen LogP contribution in [0.15, 0.2) is 24.7 Å². The molecular weight excluding hydrogens is 406 g/mol. The fourth-order valence-electron chi connectivity index (χ4n) is 4.95. The number of hydrogen-bond donors (Lipinski definition) is 2. The molecular formula is C22H25N9O. The van der Waals surface area contributed by atoms with Gasteiger partial charge < -0.3 is 16.0 Å². The van der Waals surface area contributed by atoms with E-state index in [2.05, 4.69) is 30.5 Å². The summed E-state index contributed by atoms with van der Waals surface area (Å²) >= 11 is 0. The van der Waals surface area contributed by atoms with Crippen molar-refractivity contribution in [2.24, 2.45) is 11.8 Å². The zero-order valence-corrected chi connectivity index (χ0v) is 17.9. The molecule has 164 valence electrons. The van der Waals surface area contributed by atoms with Crippen LogP contribution in [0.3, 0.4) is 0 Å². The summed E-state index contributed by atoms with van der Waals surface area (Å²) in [5.74, 6) is 2.77. The van der Waals surface area contributed by atoms with Gasteiger partial charge in [0.15, 0.2) is 5.69 Å². The largest absolute Gasteiger partial charge is 0.383 e. The normalized spacial score (nSPS) is 23.2.